The number of hydrogen-bond donors (Lipinski definition) is 2. The number of aromatic nitrogens is 6. The van der Waals surface area contributed by atoms with Crippen LogP contribution in [0, 0.1) is 0 Å². The van der Waals surface area contributed by atoms with Gasteiger partial charge in [-0.15, -0.1) is 16.4 Å². The molecule has 9 heteroatoms. The third kappa shape index (κ3) is 2.32. The zero-order valence-corrected chi connectivity index (χ0v) is 15.0. The summed E-state index contributed by atoms with van der Waals surface area (Å²) in [7, 11) is 1.68. The lowest BCUT2D eigenvalue weighted by Gasteiger charge is -2.50. The normalized spacial score (nSPS) is 25.7. The first-order chi connectivity index (χ1) is 12.5. The summed E-state index contributed by atoms with van der Waals surface area (Å²) in [5.74, 6) is 0.575. The molecule has 4 aromatic rings. The SMILES string of the molecule is COC1(C)CC(O)(c2cc3cnc(-c4cnc5n[nH]nc5c4)nc3s2)C1. The average Bonchev–Trinajstić information content (AvgIpc) is 3.25. The molecule has 1 saturated carbocycles. The second-order valence-corrected chi connectivity index (χ2v) is 8.02. The molecular weight excluding hydrogens is 352 g/mol. The number of nitrogens with one attached hydrogen (secondary N) is 1. The maximum atomic E-state index is 10.9. The molecule has 0 bridgehead atoms. The van der Waals surface area contributed by atoms with E-state index in [9.17, 15) is 5.11 Å². The standard InChI is InChI=1S/C17H16N6O2S/c1-16(25-2)7-17(24,8-16)12-4-10-6-18-13(20-15(10)26-12)9-3-11-14(19-5-9)22-23-21-11/h3-6,24H,7-8H2,1-2H3,(H,19,21,22,23). The number of H-pyrrole nitrogens is 1. The van der Waals surface area contributed by atoms with E-state index in [0.717, 1.165) is 20.7 Å². The Labute approximate surface area is 152 Å². The van der Waals surface area contributed by atoms with Gasteiger partial charge in [0.1, 0.15) is 15.9 Å². The van der Waals surface area contributed by atoms with E-state index >= 15 is 0 Å². The summed E-state index contributed by atoms with van der Waals surface area (Å²) in [6, 6.07) is 3.82. The number of aromatic amines is 1. The highest BCUT2D eigenvalue weighted by atomic mass is 32.1. The molecule has 8 nitrogen and oxygen atoms in total. The minimum atomic E-state index is -0.850. The number of pyridine rings is 1. The monoisotopic (exact) mass is 368 g/mol. The van der Waals surface area contributed by atoms with Crippen LogP contribution in [0.4, 0.5) is 0 Å². The van der Waals surface area contributed by atoms with E-state index in [1.807, 2.05) is 19.1 Å². The van der Waals surface area contributed by atoms with Crippen molar-refractivity contribution < 1.29 is 9.84 Å². The van der Waals surface area contributed by atoms with Crippen LogP contribution < -0.4 is 0 Å². The second kappa shape index (κ2) is 5.26. The number of aliphatic hydroxyl groups is 1. The highest BCUT2D eigenvalue weighted by Crippen LogP contribution is 2.52. The van der Waals surface area contributed by atoms with Gasteiger partial charge in [-0.2, -0.15) is 10.3 Å². The van der Waals surface area contributed by atoms with Gasteiger partial charge in [-0.3, -0.25) is 0 Å². The summed E-state index contributed by atoms with van der Waals surface area (Å²) in [6.45, 7) is 2.01. The molecule has 4 aromatic heterocycles. The zero-order valence-electron chi connectivity index (χ0n) is 14.2. The molecule has 0 aromatic carbocycles. The van der Waals surface area contributed by atoms with Gasteiger partial charge in [-0.05, 0) is 19.1 Å². The molecule has 1 fully saturated rings. The summed E-state index contributed by atoms with van der Waals surface area (Å²) in [6.07, 6.45) is 4.62. The highest BCUT2D eigenvalue weighted by Gasteiger charge is 2.53. The van der Waals surface area contributed by atoms with E-state index in [4.69, 9.17) is 4.74 Å². The lowest BCUT2D eigenvalue weighted by Crippen LogP contribution is -2.53. The fraction of sp³-hybridized carbons (Fsp3) is 0.353. The molecule has 0 saturated heterocycles. The third-order valence-electron chi connectivity index (χ3n) is 4.99. The van der Waals surface area contributed by atoms with Crippen LogP contribution in [0.25, 0.3) is 32.8 Å². The van der Waals surface area contributed by atoms with Crippen molar-refractivity contribution in [2.24, 2.45) is 0 Å². The van der Waals surface area contributed by atoms with Crippen LogP contribution in [-0.4, -0.2) is 48.2 Å². The van der Waals surface area contributed by atoms with E-state index < -0.39 is 5.60 Å². The third-order valence-corrected chi connectivity index (χ3v) is 6.23. The lowest BCUT2D eigenvalue weighted by atomic mass is 9.67. The van der Waals surface area contributed by atoms with E-state index in [-0.39, 0.29) is 5.60 Å². The maximum Gasteiger partial charge on any atom is 0.201 e. The molecule has 1 aliphatic carbocycles. The summed E-state index contributed by atoms with van der Waals surface area (Å²) < 4.78 is 5.47. The van der Waals surface area contributed by atoms with Crippen molar-refractivity contribution in [3.8, 4) is 11.4 Å². The van der Waals surface area contributed by atoms with Crippen LogP contribution in [0.15, 0.2) is 24.5 Å². The van der Waals surface area contributed by atoms with Gasteiger partial charge in [0.2, 0.25) is 5.65 Å². The quantitative estimate of drug-likeness (QED) is 0.571. The van der Waals surface area contributed by atoms with Crippen molar-refractivity contribution in [3.63, 3.8) is 0 Å². The first-order valence-electron chi connectivity index (χ1n) is 8.20. The Bertz CT molecular complexity index is 1130. The summed E-state index contributed by atoms with van der Waals surface area (Å²) >= 11 is 1.49. The Morgan fingerprint density at radius 3 is 2.85 bits per heavy atom. The van der Waals surface area contributed by atoms with E-state index in [1.54, 1.807) is 19.5 Å². The molecule has 2 N–H and O–H groups in total. The number of ether oxygens (including phenoxy) is 1. The van der Waals surface area contributed by atoms with Gasteiger partial charge in [0, 0.05) is 48.2 Å². The smallest absolute Gasteiger partial charge is 0.201 e. The number of hydrogen-bond acceptors (Lipinski definition) is 8. The average molecular weight is 368 g/mol. The second-order valence-electron chi connectivity index (χ2n) is 6.99. The molecule has 0 aliphatic heterocycles. The van der Waals surface area contributed by atoms with Gasteiger partial charge < -0.3 is 9.84 Å². The Morgan fingerprint density at radius 1 is 1.19 bits per heavy atom. The van der Waals surface area contributed by atoms with Crippen LogP contribution in [0.3, 0.4) is 0 Å². The van der Waals surface area contributed by atoms with Crippen molar-refractivity contribution in [3.05, 3.63) is 29.4 Å². The Hall–Kier alpha value is -2.49. The van der Waals surface area contributed by atoms with Gasteiger partial charge in [0.15, 0.2) is 5.82 Å². The van der Waals surface area contributed by atoms with E-state index in [0.29, 0.717) is 29.8 Å². The van der Waals surface area contributed by atoms with Crippen molar-refractivity contribution >= 4 is 32.7 Å². The number of methoxy groups -OCH3 is 1. The van der Waals surface area contributed by atoms with Gasteiger partial charge in [0.25, 0.3) is 0 Å². The Kier molecular flexibility index (Phi) is 3.18. The van der Waals surface area contributed by atoms with E-state index in [2.05, 4.69) is 30.4 Å². The fourth-order valence-electron chi connectivity index (χ4n) is 3.57. The minimum absolute atomic E-state index is 0.263. The lowest BCUT2D eigenvalue weighted by molar-refractivity contribution is -0.189. The van der Waals surface area contributed by atoms with Crippen molar-refractivity contribution in [2.75, 3.05) is 7.11 Å². The van der Waals surface area contributed by atoms with Gasteiger partial charge in [0.05, 0.1) is 5.60 Å². The molecule has 1 aliphatic rings. The van der Waals surface area contributed by atoms with Gasteiger partial charge in [-0.1, -0.05) is 0 Å². The largest absolute Gasteiger partial charge is 0.384 e. The van der Waals surface area contributed by atoms with Crippen LogP contribution in [0.5, 0.6) is 0 Å². The first kappa shape index (κ1) is 15.7. The number of rotatable bonds is 3. The highest BCUT2D eigenvalue weighted by molar-refractivity contribution is 7.18. The summed E-state index contributed by atoms with van der Waals surface area (Å²) in [4.78, 5) is 15.1. The molecule has 0 radical (unpaired) electrons. The molecule has 132 valence electrons. The predicted octanol–water partition coefficient (Wildman–Crippen LogP) is 2.41. The predicted molar refractivity (Wildman–Crippen MR) is 96.6 cm³/mol. The number of fused-ring (bicyclic) bond motifs is 2. The molecular formula is C17H16N6O2S. The molecule has 0 atom stereocenters. The topological polar surface area (TPSA) is 110 Å². The number of thiophene rings is 1. The summed E-state index contributed by atoms with van der Waals surface area (Å²) in [5.41, 5.74) is 0.887. The molecule has 0 spiro atoms. The number of nitrogens with zero attached hydrogens (tertiary/aromatic N) is 5. The summed E-state index contributed by atoms with van der Waals surface area (Å²) in [5, 5.41) is 22.3. The molecule has 5 rings (SSSR count). The van der Waals surface area contributed by atoms with Crippen molar-refractivity contribution in [1.82, 2.24) is 30.4 Å². The van der Waals surface area contributed by atoms with E-state index in [1.165, 1.54) is 11.3 Å². The van der Waals surface area contributed by atoms with Crippen molar-refractivity contribution in [2.45, 2.75) is 31.0 Å². The van der Waals surface area contributed by atoms with Crippen LogP contribution in [-0.2, 0) is 10.3 Å². The molecule has 0 amide bonds. The molecule has 26 heavy (non-hydrogen) atoms. The van der Waals surface area contributed by atoms with Crippen LogP contribution >= 0.6 is 11.3 Å². The zero-order chi connectivity index (χ0) is 17.9. The first-order valence-corrected chi connectivity index (χ1v) is 9.01. The Morgan fingerprint density at radius 2 is 2.04 bits per heavy atom. The van der Waals surface area contributed by atoms with Crippen molar-refractivity contribution in [1.29, 1.82) is 0 Å². The maximum absolute atomic E-state index is 10.9. The van der Waals surface area contributed by atoms with Gasteiger partial charge in [-0.25, -0.2) is 15.0 Å². The fourth-order valence-corrected chi connectivity index (χ4v) is 4.66. The van der Waals surface area contributed by atoms with Gasteiger partial charge >= 0.3 is 0 Å². The molecule has 0 unspecified atom stereocenters. The van der Waals surface area contributed by atoms with Crippen LogP contribution in [0.2, 0.25) is 0 Å². The molecule has 4 heterocycles. The Balaban J connectivity index is 1.52. The minimum Gasteiger partial charge on any atom is -0.384 e. The van der Waals surface area contributed by atoms with Crippen LogP contribution in [0.1, 0.15) is 24.6 Å².